The van der Waals surface area contributed by atoms with Gasteiger partial charge in [0.15, 0.2) is 5.78 Å². The summed E-state index contributed by atoms with van der Waals surface area (Å²) in [6, 6.07) is 23.3. The topological polar surface area (TPSA) is 42.2 Å². The van der Waals surface area contributed by atoms with Crippen molar-refractivity contribution in [2.75, 3.05) is 0 Å². The Kier molecular flexibility index (Phi) is 2.86. The predicted octanol–water partition coefficient (Wildman–Crippen LogP) is 4.61. The molecule has 0 saturated heterocycles. The average molecular weight is 325 g/mol. The van der Waals surface area contributed by atoms with Gasteiger partial charge >= 0.3 is 0 Å². The van der Waals surface area contributed by atoms with Gasteiger partial charge in [-0.15, -0.1) is 0 Å². The van der Waals surface area contributed by atoms with Gasteiger partial charge in [-0.25, -0.2) is 0 Å². The standard InChI is InChI=1S/C22H15NO2/c24-18-12-6-11-17-19(18)20-21(15-9-4-5-10-16(15)22(20)25)23(17)13-14-7-2-1-3-8-14/h1-12,24H,13H2. The number of benzene rings is 3. The van der Waals surface area contributed by atoms with Crippen molar-refractivity contribution in [3.05, 3.63) is 89.5 Å². The van der Waals surface area contributed by atoms with Crippen LogP contribution in [-0.2, 0) is 6.54 Å². The third kappa shape index (κ3) is 1.89. The molecule has 0 aliphatic heterocycles. The zero-order valence-electron chi connectivity index (χ0n) is 13.4. The number of fused-ring (bicyclic) bond motifs is 5. The average Bonchev–Trinajstić information content (AvgIpc) is 3.12. The third-order valence-electron chi connectivity index (χ3n) is 4.91. The number of aromatic nitrogens is 1. The second-order valence-corrected chi connectivity index (χ2v) is 6.34. The molecule has 0 fully saturated rings. The lowest BCUT2D eigenvalue weighted by Crippen LogP contribution is -2.01. The van der Waals surface area contributed by atoms with Gasteiger partial charge in [0.1, 0.15) is 5.75 Å². The molecule has 3 aromatic carbocycles. The first-order valence-corrected chi connectivity index (χ1v) is 8.28. The van der Waals surface area contributed by atoms with Crippen LogP contribution in [0.3, 0.4) is 0 Å². The van der Waals surface area contributed by atoms with Gasteiger partial charge in [-0.3, -0.25) is 4.79 Å². The summed E-state index contributed by atoms with van der Waals surface area (Å²) in [4.78, 5) is 13.0. The molecule has 1 aliphatic carbocycles. The van der Waals surface area contributed by atoms with E-state index < -0.39 is 0 Å². The highest BCUT2D eigenvalue weighted by Crippen LogP contribution is 2.45. The maximum Gasteiger partial charge on any atom is 0.196 e. The highest BCUT2D eigenvalue weighted by Gasteiger charge is 2.34. The Morgan fingerprint density at radius 1 is 0.800 bits per heavy atom. The van der Waals surface area contributed by atoms with Gasteiger partial charge in [-0.1, -0.05) is 60.7 Å². The highest BCUT2D eigenvalue weighted by molar-refractivity contribution is 6.28. The van der Waals surface area contributed by atoms with E-state index in [4.69, 9.17) is 0 Å². The summed E-state index contributed by atoms with van der Waals surface area (Å²) in [5, 5.41) is 11.1. The van der Waals surface area contributed by atoms with Crippen LogP contribution in [0.15, 0.2) is 72.8 Å². The normalized spacial score (nSPS) is 12.4. The Morgan fingerprint density at radius 2 is 1.52 bits per heavy atom. The molecule has 0 bridgehead atoms. The summed E-state index contributed by atoms with van der Waals surface area (Å²) in [6.45, 7) is 0.651. The van der Waals surface area contributed by atoms with Crippen LogP contribution < -0.4 is 0 Å². The largest absolute Gasteiger partial charge is 0.507 e. The number of rotatable bonds is 2. The van der Waals surface area contributed by atoms with Gasteiger partial charge in [0.2, 0.25) is 0 Å². The van der Waals surface area contributed by atoms with E-state index in [1.54, 1.807) is 6.07 Å². The molecule has 0 saturated carbocycles. The van der Waals surface area contributed by atoms with Crippen LogP contribution in [0.2, 0.25) is 0 Å². The number of phenolic OH excluding ortho intramolecular Hbond substituents is 1. The lowest BCUT2D eigenvalue weighted by molar-refractivity contribution is 0.104. The lowest BCUT2D eigenvalue weighted by Gasteiger charge is -2.11. The Bertz CT molecular complexity index is 1140. The van der Waals surface area contributed by atoms with E-state index in [0.717, 1.165) is 22.3 Å². The first-order chi connectivity index (χ1) is 12.3. The molecule has 5 rings (SSSR count). The number of ketones is 1. The van der Waals surface area contributed by atoms with E-state index in [1.807, 2.05) is 54.6 Å². The van der Waals surface area contributed by atoms with Crippen molar-refractivity contribution < 1.29 is 9.90 Å². The minimum absolute atomic E-state index is 0.0103. The highest BCUT2D eigenvalue weighted by atomic mass is 16.3. The molecule has 4 aromatic rings. The Balaban J connectivity index is 1.87. The predicted molar refractivity (Wildman–Crippen MR) is 98.0 cm³/mol. The van der Waals surface area contributed by atoms with E-state index in [-0.39, 0.29) is 11.5 Å². The minimum atomic E-state index is -0.0103. The number of hydrogen-bond acceptors (Lipinski definition) is 2. The quantitative estimate of drug-likeness (QED) is 0.515. The molecule has 0 radical (unpaired) electrons. The molecule has 120 valence electrons. The number of carbonyl (C=O) groups is 1. The molecule has 1 N–H and O–H groups in total. The number of phenols is 1. The van der Waals surface area contributed by atoms with Crippen LogP contribution in [0, 0.1) is 0 Å². The Hall–Kier alpha value is -3.33. The van der Waals surface area contributed by atoms with Crippen LogP contribution in [0.5, 0.6) is 5.75 Å². The van der Waals surface area contributed by atoms with Crippen LogP contribution in [-0.4, -0.2) is 15.5 Å². The van der Waals surface area contributed by atoms with E-state index in [0.29, 0.717) is 23.1 Å². The van der Waals surface area contributed by atoms with E-state index >= 15 is 0 Å². The summed E-state index contributed by atoms with van der Waals surface area (Å²) in [6.07, 6.45) is 0. The van der Waals surface area contributed by atoms with Crippen LogP contribution in [0.1, 0.15) is 21.5 Å². The maximum atomic E-state index is 13.0. The zero-order chi connectivity index (χ0) is 17.0. The van der Waals surface area contributed by atoms with E-state index in [2.05, 4.69) is 16.7 Å². The summed E-state index contributed by atoms with van der Waals surface area (Å²) in [5.74, 6) is 0.144. The second kappa shape index (κ2) is 5.08. The molecular weight excluding hydrogens is 310 g/mol. The van der Waals surface area contributed by atoms with Gasteiger partial charge in [-0.2, -0.15) is 0 Å². The SMILES string of the molecule is O=C1c2ccccc2-c2c1c1c(O)cccc1n2Cc1ccccc1. The molecule has 1 aliphatic rings. The van der Waals surface area contributed by atoms with Crippen molar-refractivity contribution in [3.8, 4) is 17.0 Å². The molecule has 1 aromatic heterocycles. The summed E-state index contributed by atoms with van der Waals surface area (Å²) >= 11 is 0. The molecule has 0 spiro atoms. The van der Waals surface area contributed by atoms with Crippen molar-refractivity contribution in [1.82, 2.24) is 4.57 Å². The molecule has 0 atom stereocenters. The van der Waals surface area contributed by atoms with Crippen LogP contribution >= 0.6 is 0 Å². The first kappa shape index (κ1) is 14.1. The second-order valence-electron chi connectivity index (χ2n) is 6.34. The Morgan fingerprint density at radius 3 is 2.32 bits per heavy atom. The molecule has 1 heterocycles. The van der Waals surface area contributed by atoms with Gasteiger partial charge < -0.3 is 9.67 Å². The third-order valence-corrected chi connectivity index (χ3v) is 4.91. The first-order valence-electron chi connectivity index (χ1n) is 8.28. The van der Waals surface area contributed by atoms with Crippen LogP contribution in [0.25, 0.3) is 22.2 Å². The van der Waals surface area contributed by atoms with Gasteiger partial charge in [0.05, 0.1) is 22.2 Å². The number of nitrogens with zero attached hydrogens (tertiary/aromatic N) is 1. The molecule has 0 amide bonds. The Labute approximate surface area is 144 Å². The summed E-state index contributed by atoms with van der Waals surface area (Å²) in [5.41, 5.74) is 5.21. The summed E-state index contributed by atoms with van der Waals surface area (Å²) in [7, 11) is 0. The molecule has 3 heteroatoms. The molecule has 3 nitrogen and oxygen atoms in total. The maximum absolute atomic E-state index is 13.0. The van der Waals surface area contributed by atoms with Crippen molar-refractivity contribution in [2.24, 2.45) is 0 Å². The number of carbonyl (C=O) groups excluding carboxylic acids is 1. The van der Waals surface area contributed by atoms with E-state index in [1.165, 1.54) is 0 Å². The fourth-order valence-corrected chi connectivity index (χ4v) is 3.84. The number of aromatic hydroxyl groups is 1. The number of hydrogen-bond donors (Lipinski definition) is 1. The van der Waals surface area contributed by atoms with Gasteiger partial charge in [-0.05, 0) is 17.7 Å². The van der Waals surface area contributed by atoms with Crippen molar-refractivity contribution in [2.45, 2.75) is 6.54 Å². The van der Waals surface area contributed by atoms with Gasteiger partial charge in [0.25, 0.3) is 0 Å². The lowest BCUT2D eigenvalue weighted by atomic mass is 10.1. The molecular formula is C22H15NO2. The van der Waals surface area contributed by atoms with Crippen molar-refractivity contribution in [3.63, 3.8) is 0 Å². The van der Waals surface area contributed by atoms with Crippen molar-refractivity contribution >= 4 is 16.7 Å². The molecule has 25 heavy (non-hydrogen) atoms. The van der Waals surface area contributed by atoms with E-state index in [9.17, 15) is 9.90 Å². The van der Waals surface area contributed by atoms with Crippen LogP contribution in [0.4, 0.5) is 0 Å². The fourth-order valence-electron chi connectivity index (χ4n) is 3.84. The van der Waals surface area contributed by atoms with Gasteiger partial charge in [0, 0.05) is 17.7 Å². The monoisotopic (exact) mass is 325 g/mol. The van der Waals surface area contributed by atoms with Crippen molar-refractivity contribution in [1.29, 1.82) is 0 Å². The minimum Gasteiger partial charge on any atom is -0.507 e. The summed E-state index contributed by atoms with van der Waals surface area (Å²) < 4.78 is 2.14. The fraction of sp³-hybridized carbons (Fsp3) is 0.0455. The molecule has 0 unspecified atom stereocenters. The smallest absolute Gasteiger partial charge is 0.196 e. The zero-order valence-corrected chi connectivity index (χ0v) is 13.4.